The number of nitrogens with zero attached hydrogens (tertiary/aromatic N) is 5. The number of aromatic nitrogens is 3. The zero-order chi connectivity index (χ0) is 17.3. The molecule has 7 heteroatoms. The predicted octanol–water partition coefficient (Wildman–Crippen LogP) is 2.09. The summed E-state index contributed by atoms with van der Waals surface area (Å²) in [6, 6.07) is 4.08. The van der Waals surface area contributed by atoms with Gasteiger partial charge in [0.2, 0.25) is 0 Å². The van der Waals surface area contributed by atoms with Gasteiger partial charge in [-0.3, -0.25) is 4.90 Å². The fourth-order valence-corrected chi connectivity index (χ4v) is 4.90. The number of thiazole rings is 1. The summed E-state index contributed by atoms with van der Waals surface area (Å²) in [7, 11) is 0. The van der Waals surface area contributed by atoms with Crippen molar-refractivity contribution in [2.24, 2.45) is 5.41 Å². The standard InChI is InChI=1S/C18H25N5OS/c1-14-2-3-16(21-20-14)23-7-4-18(5-8-23)10-15(24)11-22(13-18)12-17-19-6-9-25-17/h2-3,6,9,15,24H,4-5,7-8,10-13H2,1H3. The SMILES string of the molecule is Cc1ccc(N2CCC3(CC2)CC(O)CN(Cc2nccs2)C3)nn1. The van der Waals surface area contributed by atoms with E-state index in [4.69, 9.17) is 0 Å². The van der Waals surface area contributed by atoms with Crippen LogP contribution in [0, 0.1) is 12.3 Å². The molecule has 0 amide bonds. The maximum Gasteiger partial charge on any atom is 0.151 e. The molecule has 1 N–H and O–H groups in total. The first-order valence-electron chi connectivity index (χ1n) is 8.96. The number of hydrogen-bond donors (Lipinski definition) is 1. The smallest absolute Gasteiger partial charge is 0.151 e. The van der Waals surface area contributed by atoms with E-state index in [1.165, 1.54) is 0 Å². The lowest BCUT2D eigenvalue weighted by Crippen LogP contribution is -2.53. The summed E-state index contributed by atoms with van der Waals surface area (Å²) >= 11 is 1.69. The van der Waals surface area contributed by atoms with Crippen LogP contribution in [-0.4, -0.2) is 57.5 Å². The van der Waals surface area contributed by atoms with Crippen molar-refractivity contribution in [1.82, 2.24) is 20.1 Å². The molecular formula is C18H25N5OS. The van der Waals surface area contributed by atoms with Gasteiger partial charge in [-0.15, -0.1) is 16.4 Å². The van der Waals surface area contributed by atoms with Gasteiger partial charge in [-0.1, -0.05) is 0 Å². The Kier molecular flexibility index (Phi) is 4.71. The first kappa shape index (κ1) is 16.9. The molecule has 0 radical (unpaired) electrons. The van der Waals surface area contributed by atoms with Gasteiger partial charge in [0.1, 0.15) is 5.01 Å². The molecule has 0 bridgehead atoms. The maximum atomic E-state index is 10.4. The predicted molar refractivity (Wildman–Crippen MR) is 98.7 cm³/mol. The Morgan fingerprint density at radius 1 is 1.28 bits per heavy atom. The monoisotopic (exact) mass is 359 g/mol. The lowest BCUT2D eigenvalue weighted by Gasteiger charge is -2.49. The van der Waals surface area contributed by atoms with Crippen LogP contribution < -0.4 is 4.90 Å². The molecule has 0 aromatic carbocycles. The van der Waals surface area contributed by atoms with Crippen LogP contribution in [0.2, 0.25) is 0 Å². The molecule has 2 aromatic heterocycles. The molecule has 25 heavy (non-hydrogen) atoms. The quantitative estimate of drug-likeness (QED) is 0.905. The molecule has 2 fully saturated rings. The van der Waals surface area contributed by atoms with Crippen LogP contribution in [0.25, 0.3) is 0 Å². The number of hydrogen-bond acceptors (Lipinski definition) is 7. The lowest BCUT2D eigenvalue weighted by molar-refractivity contribution is -0.0252. The van der Waals surface area contributed by atoms with Crippen molar-refractivity contribution in [2.45, 2.75) is 38.8 Å². The molecule has 4 rings (SSSR count). The van der Waals surface area contributed by atoms with E-state index >= 15 is 0 Å². The van der Waals surface area contributed by atoms with E-state index in [0.717, 1.165) is 68.5 Å². The third kappa shape index (κ3) is 3.83. The highest BCUT2D eigenvalue weighted by Crippen LogP contribution is 2.41. The number of aliphatic hydroxyl groups excluding tert-OH is 1. The van der Waals surface area contributed by atoms with Crippen molar-refractivity contribution >= 4 is 17.2 Å². The van der Waals surface area contributed by atoms with Gasteiger partial charge in [0, 0.05) is 37.8 Å². The first-order chi connectivity index (χ1) is 12.1. The average molecular weight is 359 g/mol. The Hall–Kier alpha value is -1.57. The molecule has 2 aromatic rings. The highest BCUT2D eigenvalue weighted by atomic mass is 32.1. The summed E-state index contributed by atoms with van der Waals surface area (Å²) < 4.78 is 0. The van der Waals surface area contributed by atoms with Crippen LogP contribution in [0.5, 0.6) is 0 Å². The molecular weight excluding hydrogens is 334 g/mol. The normalized spacial score (nSPS) is 23.9. The molecule has 0 saturated carbocycles. The van der Waals surface area contributed by atoms with E-state index < -0.39 is 0 Å². The second kappa shape index (κ2) is 6.97. The van der Waals surface area contributed by atoms with Crippen molar-refractivity contribution in [1.29, 1.82) is 0 Å². The topological polar surface area (TPSA) is 65.4 Å². The highest BCUT2D eigenvalue weighted by molar-refractivity contribution is 7.09. The maximum absolute atomic E-state index is 10.4. The summed E-state index contributed by atoms with van der Waals surface area (Å²) in [5.74, 6) is 0.969. The van der Waals surface area contributed by atoms with Crippen LogP contribution >= 0.6 is 11.3 Å². The van der Waals surface area contributed by atoms with Gasteiger partial charge in [0.15, 0.2) is 5.82 Å². The van der Waals surface area contributed by atoms with Crippen LogP contribution in [0.15, 0.2) is 23.7 Å². The van der Waals surface area contributed by atoms with E-state index in [9.17, 15) is 5.11 Å². The molecule has 6 nitrogen and oxygen atoms in total. The first-order valence-corrected chi connectivity index (χ1v) is 9.84. The van der Waals surface area contributed by atoms with Gasteiger partial charge in [-0.05, 0) is 43.7 Å². The third-order valence-electron chi connectivity index (χ3n) is 5.47. The van der Waals surface area contributed by atoms with Gasteiger partial charge < -0.3 is 10.0 Å². The van der Waals surface area contributed by atoms with Gasteiger partial charge >= 0.3 is 0 Å². The molecule has 2 saturated heterocycles. The molecule has 134 valence electrons. The summed E-state index contributed by atoms with van der Waals surface area (Å²) in [6.07, 6.45) is 4.72. The van der Waals surface area contributed by atoms with Crippen LogP contribution in [0.1, 0.15) is 30.0 Å². The minimum absolute atomic E-state index is 0.212. The van der Waals surface area contributed by atoms with E-state index in [-0.39, 0.29) is 11.5 Å². The van der Waals surface area contributed by atoms with Crippen molar-refractivity contribution < 1.29 is 5.11 Å². The molecule has 2 aliphatic heterocycles. The molecule has 4 heterocycles. The Bertz CT molecular complexity index is 682. The van der Waals surface area contributed by atoms with Crippen LogP contribution in [0.4, 0.5) is 5.82 Å². The molecule has 0 aliphatic carbocycles. The largest absolute Gasteiger partial charge is 0.392 e. The minimum Gasteiger partial charge on any atom is -0.392 e. The number of rotatable bonds is 3. The van der Waals surface area contributed by atoms with Crippen molar-refractivity contribution in [2.75, 3.05) is 31.1 Å². The Labute approximate surface area is 152 Å². The van der Waals surface area contributed by atoms with Gasteiger partial charge in [-0.25, -0.2) is 4.98 Å². The number of anilines is 1. The second-order valence-corrected chi connectivity index (χ2v) is 8.45. The third-order valence-corrected chi connectivity index (χ3v) is 6.24. The Morgan fingerprint density at radius 2 is 2.12 bits per heavy atom. The number of likely N-dealkylation sites (tertiary alicyclic amines) is 1. The summed E-state index contributed by atoms with van der Waals surface area (Å²) in [5, 5.41) is 22.1. The number of piperidine rings is 2. The van der Waals surface area contributed by atoms with Gasteiger partial charge in [-0.2, -0.15) is 5.10 Å². The van der Waals surface area contributed by atoms with Gasteiger partial charge in [0.25, 0.3) is 0 Å². The van der Waals surface area contributed by atoms with Crippen LogP contribution in [-0.2, 0) is 6.54 Å². The van der Waals surface area contributed by atoms with Crippen molar-refractivity contribution in [3.05, 3.63) is 34.4 Å². The molecule has 1 atom stereocenters. The number of β-amino-alcohol motifs (C(OH)–C–C–N with tert-alkyl or cyclic N) is 1. The van der Waals surface area contributed by atoms with E-state index in [0.29, 0.717) is 0 Å². The summed E-state index contributed by atoms with van der Waals surface area (Å²) in [5.41, 5.74) is 1.16. The van der Waals surface area contributed by atoms with Gasteiger partial charge in [0.05, 0.1) is 18.3 Å². The number of aliphatic hydroxyl groups is 1. The Balaban J connectivity index is 1.41. The fourth-order valence-electron chi connectivity index (χ4n) is 4.24. The molecule has 1 unspecified atom stereocenters. The Morgan fingerprint density at radius 3 is 2.80 bits per heavy atom. The van der Waals surface area contributed by atoms with Crippen molar-refractivity contribution in [3.8, 4) is 0 Å². The van der Waals surface area contributed by atoms with E-state index in [1.54, 1.807) is 11.3 Å². The minimum atomic E-state index is -0.237. The zero-order valence-corrected chi connectivity index (χ0v) is 15.5. The summed E-state index contributed by atoms with van der Waals surface area (Å²) in [4.78, 5) is 9.11. The molecule has 2 aliphatic rings. The summed E-state index contributed by atoms with van der Waals surface area (Å²) in [6.45, 7) is 6.59. The second-order valence-electron chi connectivity index (χ2n) is 7.47. The number of aryl methyl sites for hydroxylation is 1. The van der Waals surface area contributed by atoms with E-state index in [1.807, 2.05) is 24.6 Å². The zero-order valence-electron chi connectivity index (χ0n) is 14.6. The van der Waals surface area contributed by atoms with Crippen molar-refractivity contribution in [3.63, 3.8) is 0 Å². The highest BCUT2D eigenvalue weighted by Gasteiger charge is 2.41. The average Bonchev–Trinajstić information content (AvgIpc) is 3.09. The fraction of sp³-hybridized carbons (Fsp3) is 0.611. The molecule has 1 spiro atoms. The lowest BCUT2D eigenvalue weighted by atomic mass is 9.71. The van der Waals surface area contributed by atoms with Crippen LogP contribution in [0.3, 0.4) is 0 Å². The van der Waals surface area contributed by atoms with E-state index in [2.05, 4.69) is 31.0 Å².